The van der Waals surface area contributed by atoms with Gasteiger partial charge in [0.2, 0.25) is 5.12 Å². The van der Waals surface area contributed by atoms with Gasteiger partial charge in [0.25, 0.3) is 0 Å². The van der Waals surface area contributed by atoms with Crippen molar-refractivity contribution in [1.82, 2.24) is 9.80 Å². The molecule has 33 heavy (non-hydrogen) atoms. The highest BCUT2D eigenvalue weighted by atomic mass is 32.2. The molecule has 196 valence electrons. The van der Waals surface area contributed by atoms with E-state index >= 15 is 0 Å². The Bertz CT molecular complexity index is 507. The second-order valence-electron chi connectivity index (χ2n) is 9.20. The van der Waals surface area contributed by atoms with E-state index in [1.165, 1.54) is 11.8 Å². The molecule has 0 aromatic rings. The molecule has 0 rings (SSSR count). The molecule has 0 aromatic carbocycles. The first-order chi connectivity index (χ1) is 15.7. The predicted molar refractivity (Wildman–Crippen MR) is 138 cm³/mol. The van der Waals surface area contributed by atoms with Crippen molar-refractivity contribution in [1.29, 1.82) is 0 Å². The van der Waals surface area contributed by atoms with Crippen molar-refractivity contribution in [3.63, 3.8) is 0 Å². The van der Waals surface area contributed by atoms with Crippen LogP contribution in [0.2, 0.25) is 0 Å². The maximum absolute atomic E-state index is 12.3. The molecule has 8 heteroatoms. The molecule has 0 radical (unpaired) electrons. The molecule has 2 unspecified atom stereocenters. The SMILES string of the molecule is CSC(=O)COCCCCCN(C)C(C)CCC(C)C(=O)COCCOCCN(C)C(C)C. The minimum absolute atomic E-state index is 0.0163. The van der Waals surface area contributed by atoms with Gasteiger partial charge in [0.15, 0.2) is 5.78 Å². The minimum Gasteiger partial charge on any atom is -0.378 e. The number of carbonyl (C=O) groups is 2. The number of hydrogen-bond acceptors (Lipinski definition) is 8. The number of ether oxygens (including phenoxy) is 3. The smallest absolute Gasteiger partial charge is 0.214 e. The van der Waals surface area contributed by atoms with Crippen molar-refractivity contribution < 1.29 is 23.8 Å². The van der Waals surface area contributed by atoms with E-state index in [0.717, 1.165) is 45.2 Å². The molecule has 0 aromatic heterocycles. The van der Waals surface area contributed by atoms with Crippen molar-refractivity contribution in [3.05, 3.63) is 0 Å². The number of likely N-dealkylation sites (N-methyl/N-ethyl adjacent to an activating group) is 1. The second kappa shape index (κ2) is 20.8. The van der Waals surface area contributed by atoms with Crippen LogP contribution in [-0.4, -0.2) is 106 Å². The third-order valence-electron chi connectivity index (χ3n) is 6.15. The molecule has 0 saturated heterocycles. The first kappa shape index (κ1) is 32.5. The zero-order valence-corrected chi connectivity index (χ0v) is 23.1. The fourth-order valence-electron chi connectivity index (χ4n) is 3.05. The molecule has 0 fully saturated rings. The molecule has 0 aliphatic heterocycles. The van der Waals surface area contributed by atoms with E-state index in [9.17, 15) is 9.59 Å². The fraction of sp³-hybridized carbons (Fsp3) is 0.920. The number of ketones is 1. The highest BCUT2D eigenvalue weighted by Crippen LogP contribution is 2.13. The average molecular weight is 491 g/mol. The average Bonchev–Trinajstić information content (AvgIpc) is 2.79. The van der Waals surface area contributed by atoms with Crippen LogP contribution in [0, 0.1) is 5.92 Å². The molecular weight excluding hydrogens is 440 g/mol. The van der Waals surface area contributed by atoms with Crippen LogP contribution in [0.3, 0.4) is 0 Å². The molecule has 0 saturated carbocycles. The quantitative estimate of drug-likeness (QED) is 0.213. The van der Waals surface area contributed by atoms with E-state index in [2.05, 4.69) is 44.7 Å². The van der Waals surface area contributed by atoms with Gasteiger partial charge >= 0.3 is 0 Å². The van der Waals surface area contributed by atoms with Crippen LogP contribution in [0.5, 0.6) is 0 Å². The standard InChI is InChI=1S/C25H50N2O5S/c1-21(2)26(5)14-16-30-17-18-32-19-24(28)22(3)11-12-23(4)27(6)13-9-8-10-15-31-20-25(29)33-7/h21-23H,8-20H2,1-7H3. The summed E-state index contributed by atoms with van der Waals surface area (Å²) in [4.78, 5) is 28.1. The van der Waals surface area contributed by atoms with Crippen LogP contribution >= 0.6 is 11.8 Å². The Balaban J connectivity index is 3.73. The topological polar surface area (TPSA) is 68.3 Å². The van der Waals surface area contributed by atoms with Crippen LogP contribution in [0.25, 0.3) is 0 Å². The Kier molecular flexibility index (Phi) is 20.5. The summed E-state index contributed by atoms with van der Waals surface area (Å²) in [5.74, 6) is 0.187. The lowest BCUT2D eigenvalue weighted by Crippen LogP contribution is -2.31. The van der Waals surface area contributed by atoms with E-state index in [-0.39, 0.29) is 30.0 Å². The number of rotatable bonds is 22. The normalized spacial score (nSPS) is 13.8. The third kappa shape index (κ3) is 18.5. The summed E-state index contributed by atoms with van der Waals surface area (Å²) >= 11 is 1.21. The van der Waals surface area contributed by atoms with Crippen LogP contribution in [0.4, 0.5) is 0 Å². The summed E-state index contributed by atoms with van der Waals surface area (Å²) in [5.41, 5.74) is 0. The lowest BCUT2D eigenvalue weighted by molar-refractivity contribution is -0.127. The largest absolute Gasteiger partial charge is 0.378 e. The third-order valence-corrected chi connectivity index (χ3v) is 6.73. The Morgan fingerprint density at radius 2 is 1.42 bits per heavy atom. The highest BCUT2D eigenvalue weighted by molar-refractivity contribution is 8.13. The van der Waals surface area contributed by atoms with Crippen molar-refractivity contribution in [2.45, 2.75) is 71.9 Å². The Morgan fingerprint density at radius 3 is 2.09 bits per heavy atom. The summed E-state index contributed by atoms with van der Waals surface area (Å²) in [6.45, 7) is 13.2. The van der Waals surface area contributed by atoms with Gasteiger partial charge in [-0.25, -0.2) is 0 Å². The number of Topliss-reactive ketones (excluding diaryl/α,β-unsaturated/α-hetero) is 1. The van der Waals surface area contributed by atoms with Gasteiger partial charge in [-0.2, -0.15) is 0 Å². The second-order valence-corrected chi connectivity index (χ2v) is 10.1. The molecule has 2 atom stereocenters. The van der Waals surface area contributed by atoms with Gasteiger partial charge in [0.1, 0.15) is 13.2 Å². The van der Waals surface area contributed by atoms with Crippen molar-refractivity contribution >= 4 is 22.7 Å². The maximum atomic E-state index is 12.3. The van der Waals surface area contributed by atoms with Gasteiger partial charge in [-0.15, -0.1) is 0 Å². The van der Waals surface area contributed by atoms with Crippen LogP contribution in [0.15, 0.2) is 0 Å². The van der Waals surface area contributed by atoms with Gasteiger partial charge in [0.05, 0.1) is 19.8 Å². The van der Waals surface area contributed by atoms with E-state index in [1.807, 2.05) is 6.92 Å². The monoisotopic (exact) mass is 490 g/mol. The highest BCUT2D eigenvalue weighted by Gasteiger charge is 2.16. The first-order valence-corrected chi connectivity index (χ1v) is 13.6. The van der Waals surface area contributed by atoms with E-state index < -0.39 is 0 Å². The predicted octanol–water partition coefficient (Wildman–Crippen LogP) is 3.74. The van der Waals surface area contributed by atoms with E-state index in [4.69, 9.17) is 14.2 Å². The van der Waals surface area contributed by atoms with Gasteiger partial charge in [-0.3, -0.25) is 9.59 Å². The van der Waals surface area contributed by atoms with Gasteiger partial charge in [0, 0.05) is 31.2 Å². The first-order valence-electron chi connectivity index (χ1n) is 12.4. The summed E-state index contributed by atoms with van der Waals surface area (Å²) in [5, 5.41) is 0.0811. The van der Waals surface area contributed by atoms with Crippen molar-refractivity contribution in [3.8, 4) is 0 Å². The van der Waals surface area contributed by atoms with Gasteiger partial charge in [-0.1, -0.05) is 18.7 Å². The molecule has 0 amide bonds. The van der Waals surface area contributed by atoms with Crippen molar-refractivity contribution in [2.75, 3.05) is 73.1 Å². The lowest BCUT2D eigenvalue weighted by atomic mass is 9.98. The van der Waals surface area contributed by atoms with Crippen LogP contribution < -0.4 is 0 Å². The lowest BCUT2D eigenvalue weighted by Gasteiger charge is -2.25. The van der Waals surface area contributed by atoms with E-state index in [1.54, 1.807) is 6.26 Å². The molecule has 0 bridgehead atoms. The summed E-state index contributed by atoms with van der Waals surface area (Å²) in [6, 6.07) is 0.953. The van der Waals surface area contributed by atoms with Gasteiger partial charge in [-0.05, 0) is 79.8 Å². The zero-order valence-electron chi connectivity index (χ0n) is 22.3. The van der Waals surface area contributed by atoms with Crippen LogP contribution in [0.1, 0.15) is 59.8 Å². The number of unbranched alkanes of at least 4 members (excludes halogenated alkanes) is 2. The number of carbonyl (C=O) groups excluding carboxylic acids is 2. The Morgan fingerprint density at radius 1 is 0.758 bits per heavy atom. The van der Waals surface area contributed by atoms with Gasteiger partial charge < -0.3 is 24.0 Å². The van der Waals surface area contributed by atoms with E-state index in [0.29, 0.717) is 38.5 Å². The molecule has 0 aliphatic rings. The summed E-state index contributed by atoms with van der Waals surface area (Å²) in [6.07, 6.45) is 6.83. The number of nitrogens with zero attached hydrogens (tertiary/aromatic N) is 2. The molecule has 0 spiro atoms. The molecular formula is C25H50N2O5S. The Hall–Kier alpha value is -0.510. The maximum Gasteiger partial charge on any atom is 0.214 e. The molecule has 0 heterocycles. The molecule has 0 N–H and O–H groups in total. The summed E-state index contributed by atoms with van der Waals surface area (Å²) in [7, 11) is 4.23. The zero-order chi connectivity index (χ0) is 25.1. The number of hydrogen-bond donors (Lipinski definition) is 0. The molecule has 7 nitrogen and oxygen atoms in total. The number of thioether (sulfide) groups is 1. The molecule has 0 aliphatic carbocycles. The Labute approximate surface area is 207 Å². The van der Waals surface area contributed by atoms with Crippen LogP contribution in [-0.2, 0) is 23.8 Å². The summed E-state index contributed by atoms with van der Waals surface area (Å²) < 4.78 is 16.4. The minimum atomic E-state index is 0.0163. The van der Waals surface area contributed by atoms with Crippen molar-refractivity contribution in [2.24, 2.45) is 5.92 Å². The fourth-order valence-corrected chi connectivity index (χ4v) is 3.25.